The highest BCUT2D eigenvalue weighted by atomic mass is 35.5. The van der Waals surface area contributed by atoms with Gasteiger partial charge in [0.2, 0.25) is 0 Å². The number of hydrogen-bond acceptors (Lipinski definition) is 3. The number of fused-ring (bicyclic) bond motifs is 1. The Labute approximate surface area is 226 Å². The van der Waals surface area contributed by atoms with E-state index in [1.54, 1.807) is 0 Å². The van der Waals surface area contributed by atoms with E-state index in [0.29, 0.717) is 16.0 Å². The molecule has 2 aromatic carbocycles. The van der Waals surface area contributed by atoms with Gasteiger partial charge in [-0.2, -0.15) is 0 Å². The molecule has 0 spiro atoms. The van der Waals surface area contributed by atoms with Gasteiger partial charge >= 0.3 is 0 Å². The van der Waals surface area contributed by atoms with Gasteiger partial charge in [-0.1, -0.05) is 68.6 Å². The van der Waals surface area contributed by atoms with Crippen LogP contribution in [-0.2, 0) is 6.42 Å². The van der Waals surface area contributed by atoms with Crippen LogP contribution in [0.4, 0.5) is 11.4 Å². The first-order valence-electron chi connectivity index (χ1n) is 13.5. The Kier molecular flexibility index (Phi) is 7.79. The molecule has 3 aliphatic rings. The average Bonchev–Trinajstić information content (AvgIpc) is 3.44. The Morgan fingerprint density at radius 1 is 1.08 bits per heavy atom. The van der Waals surface area contributed by atoms with Crippen LogP contribution in [-0.4, -0.2) is 25.3 Å². The van der Waals surface area contributed by atoms with Crippen LogP contribution in [0.25, 0.3) is 0 Å². The fourth-order valence-corrected chi connectivity index (χ4v) is 6.87. The van der Waals surface area contributed by atoms with E-state index in [-0.39, 0.29) is 0 Å². The maximum absolute atomic E-state index is 6.61. The van der Waals surface area contributed by atoms with Crippen molar-refractivity contribution in [3.05, 3.63) is 81.0 Å². The number of allylic oxidation sites excluding steroid dienone is 2. The van der Waals surface area contributed by atoms with Gasteiger partial charge in [0.25, 0.3) is 0 Å². The third-order valence-electron chi connectivity index (χ3n) is 8.25. The highest BCUT2D eigenvalue weighted by Crippen LogP contribution is 2.39. The molecule has 0 bridgehead atoms. The smallest absolute Gasteiger partial charge is 0.0712 e. The molecule has 1 N–H and O–H groups in total. The summed E-state index contributed by atoms with van der Waals surface area (Å²) in [5.74, 6) is 1.41. The molecule has 3 heterocycles. The number of nitrogens with one attached hydrogen (secondary N) is 1. The van der Waals surface area contributed by atoms with E-state index in [0.717, 1.165) is 68.2 Å². The maximum atomic E-state index is 6.61. The van der Waals surface area contributed by atoms with Gasteiger partial charge in [0.05, 0.1) is 22.3 Å². The van der Waals surface area contributed by atoms with Gasteiger partial charge in [0.15, 0.2) is 0 Å². The van der Waals surface area contributed by atoms with Gasteiger partial charge in [-0.3, -0.25) is 4.99 Å². The summed E-state index contributed by atoms with van der Waals surface area (Å²) in [5.41, 5.74) is 9.83. The topological polar surface area (TPSA) is 27.6 Å². The van der Waals surface area contributed by atoms with Crippen molar-refractivity contribution >= 4 is 40.3 Å². The van der Waals surface area contributed by atoms with Gasteiger partial charge in [0, 0.05) is 42.1 Å². The number of rotatable bonds is 8. The Bertz CT molecular complexity index is 1190. The Morgan fingerprint density at radius 2 is 1.89 bits per heavy atom. The predicted octanol–water partition coefficient (Wildman–Crippen LogP) is 8.71. The van der Waals surface area contributed by atoms with Gasteiger partial charge in [-0.15, -0.1) is 0 Å². The second-order valence-electron chi connectivity index (χ2n) is 10.5. The fourth-order valence-electron chi connectivity index (χ4n) is 6.30. The summed E-state index contributed by atoms with van der Waals surface area (Å²) in [6.45, 7) is 11.7. The first kappa shape index (κ1) is 25.4. The zero-order valence-corrected chi connectivity index (χ0v) is 23.1. The van der Waals surface area contributed by atoms with Crippen molar-refractivity contribution in [2.45, 2.75) is 58.8 Å². The molecule has 3 nitrogen and oxygen atoms in total. The highest BCUT2D eigenvalue weighted by molar-refractivity contribution is 6.41. The quantitative estimate of drug-likeness (QED) is 0.376. The molecular formula is C31H37Cl2N3. The number of aliphatic imine (C=N–C) groups is 1. The van der Waals surface area contributed by atoms with Gasteiger partial charge in [0.1, 0.15) is 0 Å². The van der Waals surface area contributed by atoms with E-state index in [1.165, 1.54) is 47.3 Å². The minimum absolute atomic E-state index is 0.691. The summed E-state index contributed by atoms with van der Waals surface area (Å²) in [6, 6.07) is 12.6. The average molecular weight is 523 g/mol. The van der Waals surface area contributed by atoms with E-state index in [2.05, 4.69) is 48.8 Å². The van der Waals surface area contributed by atoms with Crippen LogP contribution in [0.2, 0.25) is 10.0 Å². The summed E-state index contributed by atoms with van der Waals surface area (Å²) in [4.78, 5) is 7.54. The second kappa shape index (κ2) is 11.0. The molecule has 36 heavy (non-hydrogen) atoms. The molecule has 190 valence electrons. The lowest BCUT2D eigenvalue weighted by Crippen LogP contribution is -2.40. The van der Waals surface area contributed by atoms with Crippen LogP contribution in [0.5, 0.6) is 0 Å². The fraction of sp³-hybridized carbons (Fsp3) is 0.452. The third kappa shape index (κ3) is 5.10. The molecule has 5 heteroatoms. The number of nitrogens with zero attached hydrogens (tertiary/aromatic N) is 2. The van der Waals surface area contributed by atoms with Crippen molar-refractivity contribution in [3.8, 4) is 0 Å². The Hall–Kier alpha value is -2.23. The minimum Gasteiger partial charge on any atom is -0.371 e. The van der Waals surface area contributed by atoms with Gasteiger partial charge in [-0.05, 0) is 78.5 Å². The molecule has 2 aromatic rings. The number of benzene rings is 2. The van der Waals surface area contributed by atoms with Crippen molar-refractivity contribution in [3.63, 3.8) is 0 Å². The molecule has 5 rings (SSSR count). The molecular weight excluding hydrogens is 485 g/mol. The molecule has 1 saturated heterocycles. The monoisotopic (exact) mass is 521 g/mol. The first-order valence-corrected chi connectivity index (χ1v) is 14.3. The molecule has 2 unspecified atom stereocenters. The van der Waals surface area contributed by atoms with E-state index >= 15 is 0 Å². The third-order valence-corrected chi connectivity index (χ3v) is 8.88. The van der Waals surface area contributed by atoms with Gasteiger partial charge < -0.3 is 10.2 Å². The van der Waals surface area contributed by atoms with E-state index < -0.39 is 0 Å². The largest absolute Gasteiger partial charge is 0.371 e. The lowest BCUT2D eigenvalue weighted by Gasteiger charge is -2.40. The van der Waals surface area contributed by atoms with Crippen molar-refractivity contribution in [1.82, 2.24) is 0 Å². The van der Waals surface area contributed by atoms with E-state index in [4.69, 9.17) is 28.2 Å². The molecule has 0 saturated carbocycles. The molecule has 2 atom stereocenters. The Balaban J connectivity index is 1.29. The molecule has 0 aliphatic carbocycles. The predicted molar refractivity (Wildman–Crippen MR) is 156 cm³/mol. The van der Waals surface area contributed by atoms with Crippen LogP contribution in [0.1, 0.15) is 63.5 Å². The number of halogens is 2. The lowest BCUT2D eigenvalue weighted by atomic mass is 9.79. The summed E-state index contributed by atoms with van der Waals surface area (Å²) < 4.78 is 0. The van der Waals surface area contributed by atoms with Crippen LogP contribution in [0.3, 0.4) is 0 Å². The number of anilines is 2. The molecule has 0 aromatic heterocycles. The summed E-state index contributed by atoms with van der Waals surface area (Å²) in [5, 5.41) is 4.84. The number of hydrogen-bond donors (Lipinski definition) is 1. The Morgan fingerprint density at radius 3 is 2.64 bits per heavy atom. The zero-order valence-electron chi connectivity index (χ0n) is 21.5. The molecule has 1 fully saturated rings. The van der Waals surface area contributed by atoms with Crippen molar-refractivity contribution in [1.29, 1.82) is 0 Å². The summed E-state index contributed by atoms with van der Waals surface area (Å²) >= 11 is 13.2. The minimum atomic E-state index is 0.691. The standard InChI is InChI=1S/C31H37Cl2N3/c1-4-7-24-18-34-31(30-27(32)8-6-9-28(30)33)26(24)13-11-22-14-15-36(19-21(22)5-2)25-12-10-23-16-20(3)35-29(23)17-25/h6,8-10,12,17,21-22,35H,3-5,7,11,13-16,18-19H2,1-2H3. The van der Waals surface area contributed by atoms with Crippen LogP contribution >= 0.6 is 23.2 Å². The van der Waals surface area contributed by atoms with E-state index in [1.807, 2.05) is 18.2 Å². The maximum Gasteiger partial charge on any atom is 0.0712 e. The van der Waals surface area contributed by atoms with Crippen molar-refractivity contribution in [2.24, 2.45) is 16.8 Å². The zero-order chi connectivity index (χ0) is 25.2. The van der Waals surface area contributed by atoms with Crippen LogP contribution in [0, 0.1) is 11.8 Å². The summed E-state index contributed by atoms with van der Waals surface area (Å²) in [6.07, 6.45) is 7.86. The number of piperidine rings is 1. The van der Waals surface area contributed by atoms with Crippen LogP contribution in [0.15, 0.2) is 64.8 Å². The molecule has 0 amide bonds. The van der Waals surface area contributed by atoms with Gasteiger partial charge in [-0.25, -0.2) is 0 Å². The first-order chi connectivity index (χ1) is 17.5. The molecule has 0 radical (unpaired) electrons. The van der Waals surface area contributed by atoms with Crippen molar-refractivity contribution < 1.29 is 0 Å². The highest BCUT2D eigenvalue weighted by Gasteiger charge is 2.31. The van der Waals surface area contributed by atoms with Crippen LogP contribution < -0.4 is 10.2 Å². The van der Waals surface area contributed by atoms with Crippen molar-refractivity contribution in [2.75, 3.05) is 29.9 Å². The normalized spacial score (nSPS) is 21.6. The molecule has 3 aliphatic heterocycles. The summed E-state index contributed by atoms with van der Waals surface area (Å²) in [7, 11) is 0. The second-order valence-corrected chi connectivity index (χ2v) is 11.4. The SMILES string of the molecule is C=C1Cc2ccc(N3CCC(CCC4=C(CCC)CN=C4c4c(Cl)cccc4Cl)C(CC)C3)cc2N1. The lowest BCUT2D eigenvalue weighted by molar-refractivity contribution is 0.256. The van der Waals surface area contributed by atoms with E-state index in [9.17, 15) is 0 Å².